The third-order valence-corrected chi connectivity index (χ3v) is 3.93. The second kappa shape index (κ2) is 7.72. The number of carbonyl (C=O) groups is 1. The van der Waals surface area contributed by atoms with E-state index in [1.165, 1.54) is 18.2 Å². The lowest BCUT2D eigenvalue weighted by molar-refractivity contribution is 0.103. The summed E-state index contributed by atoms with van der Waals surface area (Å²) in [7, 11) is 0. The largest absolute Gasteiger partial charge is 0.508 e. The Bertz CT molecular complexity index is 902. The Balaban J connectivity index is 1.95. The quantitative estimate of drug-likeness (QED) is 0.594. The Labute approximate surface area is 151 Å². The molecule has 132 valence electrons. The third kappa shape index (κ3) is 3.84. The number of benzene rings is 3. The minimum atomic E-state index is -0.168. The summed E-state index contributed by atoms with van der Waals surface area (Å²) in [5, 5.41) is 19.3. The van der Waals surface area contributed by atoms with Crippen LogP contribution in [0, 0.1) is 0 Å². The lowest BCUT2D eigenvalue weighted by atomic mass is 9.93. The minimum Gasteiger partial charge on any atom is -0.508 e. The number of ether oxygens (including phenoxy) is 1. The highest BCUT2D eigenvalue weighted by Gasteiger charge is 2.16. The number of phenolic OH excluding ortho intramolecular Hbond substituents is 2. The third-order valence-electron chi connectivity index (χ3n) is 3.93. The first-order valence-electron chi connectivity index (χ1n) is 8.18. The molecule has 0 aliphatic heterocycles. The first-order chi connectivity index (χ1) is 12.6. The van der Waals surface area contributed by atoms with Crippen LogP contribution in [0.4, 0.5) is 0 Å². The van der Waals surface area contributed by atoms with Crippen molar-refractivity contribution in [2.75, 3.05) is 13.2 Å². The van der Waals surface area contributed by atoms with Gasteiger partial charge >= 0.3 is 0 Å². The zero-order chi connectivity index (χ0) is 18.5. The van der Waals surface area contributed by atoms with Crippen molar-refractivity contribution in [3.8, 4) is 28.4 Å². The minimum absolute atomic E-state index is 0.0650. The molecule has 0 radical (unpaired) electrons. The van der Waals surface area contributed by atoms with Crippen LogP contribution in [0.2, 0.25) is 0 Å². The molecular weight excluding hydrogens is 330 g/mol. The van der Waals surface area contributed by atoms with Gasteiger partial charge in [0.2, 0.25) is 0 Å². The molecular formula is C21H19NO4. The zero-order valence-electron chi connectivity index (χ0n) is 14.1. The molecule has 0 saturated carbocycles. The van der Waals surface area contributed by atoms with Gasteiger partial charge in [-0.2, -0.15) is 0 Å². The second-order valence-electron chi connectivity index (χ2n) is 5.77. The fraction of sp³-hybridized carbons (Fsp3) is 0.0952. The molecule has 26 heavy (non-hydrogen) atoms. The van der Waals surface area contributed by atoms with Gasteiger partial charge < -0.3 is 20.7 Å². The molecule has 5 heteroatoms. The number of hydrogen-bond acceptors (Lipinski definition) is 5. The maximum Gasteiger partial charge on any atom is 0.193 e. The van der Waals surface area contributed by atoms with Crippen molar-refractivity contribution in [1.82, 2.24) is 0 Å². The van der Waals surface area contributed by atoms with E-state index in [4.69, 9.17) is 10.5 Å². The van der Waals surface area contributed by atoms with Gasteiger partial charge in [-0.25, -0.2) is 0 Å². The van der Waals surface area contributed by atoms with E-state index >= 15 is 0 Å². The van der Waals surface area contributed by atoms with Gasteiger partial charge in [0, 0.05) is 17.7 Å². The number of rotatable bonds is 6. The molecule has 5 nitrogen and oxygen atoms in total. The number of carbonyl (C=O) groups excluding carboxylic acids is 1. The van der Waals surface area contributed by atoms with Crippen LogP contribution in [0.15, 0.2) is 66.7 Å². The number of nitrogens with two attached hydrogens (primary N) is 1. The molecule has 0 heterocycles. The fourth-order valence-corrected chi connectivity index (χ4v) is 2.64. The predicted octanol–water partition coefficient (Wildman–Crippen LogP) is 3.33. The molecule has 0 aliphatic carbocycles. The van der Waals surface area contributed by atoms with Gasteiger partial charge in [-0.1, -0.05) is 12.1 Å². The topological polar surface area (TPSA) is 92.8 Å². The van der Waals surface area contributed by atoms with E-state index in [0.717, 1.165) is 5.56 Å². The van der Waals surface area contributed by atoms with Gasteiger partial charge in [0.15, 0.2) is 5.78 Å². The number of hydrogen-bond donors (Lipinski definition) is 3. The Hall–Kier alpha value is -3.31. The van der Waals surface area contributed by atoms with Gasteiger partial charge in [-0.05, 0) is 65.7 Å². The molecule has 0 saturated heterocycles. The van der Waals surface area contributed by atoms with Crippen LogP contribution >= 0.6 is 0 Å². The summed E-state index contributed by atoms with van der Waals surface area (Å²) in [6.07, 6.45) is 0. The molecule has 3 aromatic carbocycles. The summed E-state index contributed by atoms with van der Waals surface area (Å²) in [5.74, 6) is 0.680. The van der Waals surface area contributed by atoms with Crippen molar-refractivity contribution >= 4 is 5.78 Å². The lowest BCUT2D eigenvalue weighted by Gasteiger charge is -2.11. The highest BCUT2D eigenvalue weighted by atomic mass is 16.5. The summed E-state index contributed by atoms with van der Waals surface area (Å²) < 4.78 is 5.42. The molecule has 0 unspecified atom stereocenters. The normalized spacial score (nSPS) is 10.5. The second-order valence-corrected chi connectivity index (χ2v) is 5.77. The number of aromatic hydroxyl groups is 2. The molecule has 3 aromatic rings. The Kier molecular flexibility index (Phi) is 5.20. The standard InChI is InChI=1S/C21H19NO4/c22-11-12-26-18-8-3-15(4-9-18)21(25)19-10-7-17(24)13-20(19)14-1-5-16(23)6-2-14/h1-10,13,23-24H,11-12,22H2. The van der Waals surface area contributed by atoms with Crippen LogP contribution in [0.5, 0.6) is 17.2 Å². The average Bonchev–Trinajstić information content (AvgIpc) is 2.67. The molecule has 0 bridgehead atoms. The van der Waals surface area contributed by atoms with E-state index in [-0.39, 0.29) is 17.3 Å². The molecule has 0 aromatic heterocycles. The van der Waals surface area contributed by atoms with Crippen LogP contribution < -0.4 is 10.5 Å². The summed E-state index contributed by atoms with van der Waals surface area (Å²) in [6, 6.07) is 17.9. The van der Waals surface area contributed by atoms with Gasteiger partial charge in [0.05, 0.1) is 0 Å². The molecule has 0 atom stereocenters. The van der Waals surface area contributed by atoms with Crippen LogP contribution in [-0.4, -0.2) is 29.1 Å². The van der Waals surface area contributed by atoms with Crippen molar-refractivity contribution in [3.63, 3.8) is 0 Å². The smallest absolute Gasteiger partial charge is 0.193 e. The Morgan fingerprint density at radius 2 is 1.54 bits per heavy atom. The first kappa shape index (κ1) is 17.5. The number of ketones is 1. The maximum atomic E-state index is 13.0. The molecule has 0 spiro atoms. The molecule has 4 N–H and O–H groups in total. The SMILES string of the molecule is NCCOc1ccc(C(=O)c2ccc(O)cc2-c2ccc(O)cc2)cc1. The first-order valence-corrected chi connectivity index (χ1v) is 8.18. The average molecular weight is 349 g/mol. The van der Waals surface area contributed by atoms with E-state index < -0.39 is 0 Å². The highest BCUT2D eigenvalue weighted by Crippen LogP contribution is 2.30. The van der Waals surface area contributed by atoms with E-state index in [1.54, 1.807) is 48.5 Å². The molecule has 0 aliphatic rings. The van der Waals surface area contributed by atoms with Crippen LogP contribution in [0.25, 0.3) is 11.1 Å². The Morgan fingerprint density at radius 3 is 2.19 bits per heavy atom. The van der Waals surface area contributed by atoms with Crippen molar-refractivity contribution in [1.29, 1.82) is 0 Å². The van der Waals surface area contributed by atoms with Crippen molar-refractivity contribution < 1.29 is 19.7 Å². The van der Waals surface area contributed by atoms with Crippen molar-refractivity contribution in [3.05, 3.63) is 77.9 Å². The molecule has 0 amide bonds. The molecule has 3 rings (SSSR count). The summed E-state index contributed by atoms with van der Waals surface area (Å²) in [4.78, 5) is 13.0. The predicted molar refractivity (Wildman–Crippen MR) is 99.6 cm³/mol. The maximum absolute atomic E-state index is 13.0. The van der Waals surface area contributed by atoms with Gasteiger partial charge in [-0.15, -0.1) is 0 Å². The summed E-state index contributed by atoms with van der Waals surface area (Å²) in [5.41, 5.74) is 7.70. The van der Waals surface area contributed by atoms with Crippen molar-refractivity contribution in [2.45, 2.75) is 0 Å². The number of phenols is 2. The van der Waals surface area contributed by atoms with E-state index in [1.807, 2.05) is 0 Å². The zero-order valence-corrected chi connectivity index (χ0v) is 14.1. The summed E-state index contributed by atoms with van der Waals surface area (Å²) in [6.45, 7) is 0.834. The highest BCUT2D eigenvalue weighted by molar-refractivity contribution is 6.13. The Morgan fingerprint density at radius 1 is 0.885 bits per heavy atom. The van der Waals surface area contributed by atoms with Gasteiger partial charge in [-0.3, -0.25) is 4.79 Å². The van der Waals surface area contributed by atoms with Crippen LogP contribution in [-0.2, 0) is 0 Å². The summed E-state index contributed by atoms with van der Waals surface area (Å²) >= 11 is 0. The van der Waals surface area contributed by atoms with Gasteiger partial charge in [0.1, 0.15) is 23.9 Å². The molecule has 0 fully saturated rings. The van der Waals surface area contributed by atoms with E-state index in [0.29, 0.717) is 35.6 Å². The van der Waals surface area contributed by atoms with Crippen molar-refractivity contribution in [2.24, 2.45) is 5.73 Å². The van der Waals surface area contributed by atoms with Gasteiger partial charge in [0.25, 0.3) is 0 Å². The van der Waals surface area contributed by atoms with E-state index in [2.05, 4.69) is 0 Å². The van der Waals surface area contributed by atoms with E-state index in [9.17, 15) is 15.0 Å². The van der Waals surface area contributed by atoms with Crippen LogP contribution in [0.1, 0.15) is 15.9 Å². The fourth-order valence-electron chi connectivity index (χ4n) is 2.64. The lowest BCUT2D eigenvalue weighted by Crippen LogP contribution is -2.10. The van der Waals surface area contributed by atoms with Crippen LogP contribution in [0.3, 0.4) is 0 Å². The monoisotopic (exact) mass is 349 g/mol.